The second kappa shape index (κ2) is 9.45. The van der Waals surface area contributed by atoms with Crippen LogP contribution in [-0.2, 0) is 9.59 Å². The monoisotopic (exact) mass is 427 g/mol. The molecule has 0 radical (unpaired) electrons. The summed E-state index contributed by atoms with van der Waals surface area (Å²) in [7, 11) is 1.54. The van der Waals surface area contributed by atoms with Gasteiger partial charge in [0.25, 0.3) is 0 Å². The minimum Gasteiger partial charge on any atom is -0.494 e. The highest BCUT2D eigenvalue weighted by molar-refractivity contribution is 8.15. The lowest BCUT2D eigenvalue weighted by atomic mass is 10.2. The first-order valence-electron chi connectivity index (χ1n) is 9.26. The number of amides is 2. The van der Waals surface area contributed by atoms with Crippen molar-refractivity contribution in [2.75, 3.05) is 19.0 Å². The zero-order valence-electron chi connectivity index (χ0n) is 16.5. The number of carboxylic acid groups (broad SMARTS) is 1. The molecule has 2 amide bonds. The number of para-hydroxylation sites is 2. The molecule has 0 bridgehead atoms. The number of rotatable bonds is 6. The number of thioether (sulfide) groups is 1. The van der Waals surface area contributed by atoms with Gasteiger partial charge < -0.3 is 15.2 Å². The molecular formula is C21H21N3O5S. The Morgan fingerprint density at radius 3 is 2.57 bits per heavy atom. The van der Waals surface area contributed by atoms with Gasteiger partial charge in [-0.2, -0.15) is 0 Å². The standard InChI is InChI=1S/C21H21N3O5S/c1-3-24-18(25)12-17(19(26)22-14-10-8-13(9-11-14)20(27)28)30-21(24)23-15-6-4-5-7-16(15)29-2/h4-11,17H,3,12H2,1-2H3,(H,22,26)(H,27,28)/t17-/m0/s1. The van der Waals surface area contributed by atoms with E-state index in [1.807, 2.05) is 19.1 Å². The second-order valence-electron chi connectivity index (χ2n) is 6.39. The van der Waals surface area contributed by atoms with Crippen molar-refractivity contribution in [2.45, 2.75) is 18.6 Å². The molecule has 1 saturated heterocycles. The largest absolute Gasteiger partial charge is 0.494 e. The molecule has 156 valence electrons. The van der Waals surface area contributed by atoms with Gasteiger partial charge in [-0.05, 0) is 43.3 Å². The maximum atomic E-state index is 12.7. The van der Waals surface area contributed by atoms with Crippen molar-refractivity contribution in [2.24, 2.45) is 4.99 Å². The van der Waals surface area contributed by atoms with E-state index in [2.05, 4.69) is 10.3 Å². The number of carboxylic acids is 1. The van der Waals surface area contributed by atoms with E-state index < -0.39 is 11.2 Å². The smallest absolute Gasteiger partial charge is 0.335 e. The Labute approximate surface area is 177 Å². The van der Waals surface area contributed by atoms with Crippen LogP contribution in [0.2, 0.25) is 0 Å². The van der Waals surface area contributed by atoms with Gasteiger partial charge in [0.05, 0.1) is 12.7 Å². The average Bonchev–Trinajstić information content (AvgIpc) is 2.74. The van der Waals surface area contributed by atoms with Gasteiger partial charge in [-0.25, -0.2) is 9.79 Å². The number of anilines is 1. The van der Waals surface area contributed by atoms with Crippen LogP contribution in [0, 0.1) is 0 Å². The number of carbonyl (C=O) groups is 3. The minimum absolute atomic E-state index is 0.0441. The molecular weight excluding hydrogens is 406 g/mol. The lowest BCUT2D eigenvalue weighted by Crippen LogP contribution is -2.45. The fraction of sp³-hybridized carbons (Fsp3) is 0.238. The molecule has 2 aromatic rings. The fourth-order valence-corrected chi connectivity index (χ4v) is 4.05. The molecule has 1 atom stereocenters. The summed E-state index contributed by atoms with van der Waals surface area (Å²) in [5, 5.41) is 11.5. The zero-order chi connectivity index (χ0) is 21.7. The summed E-state index contributed by atoms with van der Waals surface area (Å²) < 4.78 is 5.32. The number of methoxy groups -OCH3 is 1. The quantitative estimate of drug-likeness (QED) is 0.732. The van der Waals surface area contributed by atoms with E-state index in [9.17, 15) is 14.4 Å². The van der Waals surface area contributed by atoms with Crippen molar-refractivity contribution >= 4 is 46.1 Å². The number of hydrogen-bond acceptors (Lipinski definition) is 6. The van der Waals surface area contributed by atoms with Crippen LogP contribution in [0.3, 0.4) is 0 Å². The predicted octanol–water partition coefficient (Wildman–Crippen LogP) is 3.37. The fourth-order valence-electron chi connectivity index (χ4n) is 2.90. The Kier molecular flexibility index (Phi) is 6.73. The van der Waals surface area contributed by atoms with E-state index in [1.54, 1.807) is 24.1 Å². The molecule has 0 spiro atoms. The summed E-state index contributed by atoms with van der Waals surface area (Å²) in [6.07, 6.45) is 0.0441. The van der Waals surface area contributed by atoms with Crippen molar-refractivity contribution in [1.82, 2.24) is 4.90 Å². The highest BCUT2D eigenvalue weighted by Gasteiger charge is 2.35. The molecule has 1 aliphatic rings. The third kappa shape index (κ3) is 4.80. The number of benzene rings is 2. The molecule has 0 aromatic heterocycles. The summed E-state index contributed by atoms with van der Waals surface area (Å²) >= 11 is 1.21. The minimum atomic E-state index is -1.04. The van der Waals surface area contributed by atoms with Gasteiger partial charge in [0, 0.05) is 18.7 Å². The third-order valence-electron chi connectivity index (χ3n) is 4.45. The van der Waals surface area contributed by atoms with Crippen molar-refractivity contribution in [3.05, 3.63) is 54.1 Å². The van der Waals surface area contributed by atoms with Crippen LogP contribution in [0.5, 0.6) is 5.75 Å². The first-order chi connectivity index (χ1) is 14.4. The number of ether oxygens (including phenoxy) is 1. The molecule has 30 heavy (non-hydrogen) atoms. The number of amidine groups is 1. The SMILES string of the molecule is CCN1C(=O)C[C@@H](C(=O)Nc2ccc(C(=O)O)cc2)SC1=Nc1ccccc1OC. The first kappa shape index (κ1) is 21.4. The van der Waals surface area contributed by atoms with E-state index in [4.69, 9.17) is 9.84 Å². The molecule has 1 heterocycles. The van der Waals surface area contributed by atoms with Gasteiger partial charge in [0.15, 0.2) is 5.17 Å². The van der Waals surface area contributed by atoms with Crippen molar-refractivity contribution in [3.8, 4) is 5.75 Å². The molecule has 2 aromatic carbocycles. The number of nitrogens with one attached hydrogen (secondary N) is 1. The van der Waals surface area contributed by atoms with Crippen LogP contribution in [0.15, 0.2) is 53.5 Å². The molecule has 1 aliphatic heterocycles. The topological polar surface area (TPSA) is 108 Å². The molecule has 0 unspecified atom stereocenters. The summed E-state index contributed by atoms with van der Waals surface area (Å²) in [6.45, 7) is 2.28. The Morgan fingerprint density at radius 1 is 1.23 bits per heavy atom. The normalized spacial score (nSPS) is 17.7. The van der Waals surface area contributed by atoms with E-state index in [1.165, 1.54) is 36.0 Å². The molecule has 1 fully saturated rings. The number of carbonyl (C=O) groups excluding carboxylic acids is 2. The number of aliphatic imine (C=N–C) groups is 1. The maximum Gasteiger partial charge on any atom is 0.335 e. The lowest BCUT2D eigenvalue weighted by molar-refractivity contribution is -0.129. The van der Waals surface area contributed by atoms with Gasteiger partial charge in [-0.1, -0.05) is 23.9 Å². The van der Waals surface area contributed by atoms with Crippen LogP contribution in [0.25, 0.3) is 0 Å². The molecule has 0 aliphatic carbocycles. The van der Waals surface area contributed by atoms with Crippen LogP contribution in [-0.4, -0.2) is 51.9 Å². The number of hydrogen-bond donors (Lipinski definition) is 2. The van der Waals surface area contributed by atoms with Crippen LogP contribution in [0.4, 0.5) is 11.4 Å². The Hall–Kier alpha value is -3.33. The van der Waals surface area contributed by atoms with E-state index in [0.717, 1.165) is 0 Å². The third-order valence-corrected chi connectivity index (χ3v) is 5.64. The Morgan fingerprint density at radius 2 is 1.93 bits per heavy atom. The summed E-state index contributed by atoms with van der Waals surface area (Å²) in [6, 6.07) is 13.0. The van der Waals surface area contributed by atoms with Crippen LogP contribution >= 0.6 is 11.8 Å². The Bertz CT molecular complexity index is 990. The van der Waals surface area contributed by atoms with Crippen LogP contribution in [0.1, 0.15) is 23.7 Å². The number of nitrogens with zero attached hydrogens (tertiary/aromatic N) is 2. The number of aromatic carboxylic acids is 1. The summed E-state index contributed by atoms with van der Waals surface area (Å²) in [5.74, 6) is -1.01. The molecule has 3 rings (SSSR count). The first-order valence-corrected chi connectivity index (χ1v) is 10.1. The van der Waals surface area contributed by atoms with Gasteiger partial charge in [-0.15, -0.1) is 0 Å². The molecule has 2 N–H and O–H groups in total. The van der Waals surface area contributed by atoms with E-state index in [0.29, 0.717) is 28.8 Å². The zero-order valence-corrected chi connectivity index (χ0v) is 17.3. The average molecular weight is 427 g/mol. The maximum absolute atomic E-state index is 12.7. The summed E-state index contributed by atoms with van der Waals surface area (Å²) in [4.78, 5) is 42.4. The van der Waals surface area contributed by atoms with Gasteiger partial charge >= 0.3 is 5.97 Å². The molecule has 0 saturated carbocycles. The lowest BCUT2D eigenvalue weighted by Gasteiger charge is -2.31. The van der Waals surface area contributed by atoms with E-state index in [-0.39, 0.29) is 23.8 Å². The summed E-state index contributed by atoms with van der Waals surface area (Å²) in [5.41, 5.74) is 1.15. The van der Waals surface area contributed by atoms with Gasteiger partial charge in [-0.3, -0.25) is 14.5 Å². The van der Waals surface area contributed by atoms with Crippen molar-refractivity contribution in [3.63, 3.8) is 0 Å². The molecule has 8 nitrogen and oxygen atoms in total. The van der Waals surface area contributed by atoms with Gasteiger partial charge in [0.2, 0.25) is 11.8 Å². The van der Waals surface area contributed by atoms with Crippen molar-refractivity contribution in [1.29, 1.82) is 0 Å². The highest BCUT2D eigenvalue weighted by atomic mass is 32.2. The highest BCUT2D eigenvalue weighted by Crippen LogP contribution is 2.33. The van der Waals surface area contributed by atoms with Crippen LogP contribution < -0.4 is 10.1 Å². The van der Waals surface area contributed by atoms with Crippen molar-refractivity contribution < 1.29 is 24.2 Å². The second-order valence-corrected chi connectivity index (χ2v) is 7.56. The van der Waals surface area contributed by atoms with E-state index >= 15 is 0 Å². The van der Waals surface area contributed by atoms with Gasteiger partial charge in [0.1, 0.15) is 16.7 Å². The predicted molar refractivity (Wildman–Crippen MR) is 116 cm³/mol. The Balaban J connectivity index is 1.81. The molecule has 9 heteroatoms.